The van der Waals surface area contributed by atoms with Crippen molar-refractivity contribution in [2.24, 2.45) is 0 Å². The molecule has 0 aliphatic carbocycles. The summed E-state index contributed by atoms with van der Waals surface area (Å²) >= 11 is 12.3. The van der Waals surface area contributed by atoms with Crippen molar-refractivity contribution in [2.45, 2.75) is 5.03 Å². The molecule has 0 aromatic carbocycles. The fourth-order valence-electron chi connectivity index (χ4n) is 0.837. The van der Waals surface area contributed by atoms with Crippen molar-refractivity contribution in [1.82, 2.24) is 4.98 Å². The lowest BCUT2D eigenvalue weighted by atomic mass is 10.3. The molecule has 1 aromatic heterocycles. The van der Waals surface area contributed by atoms with Crippen LogP contribution in [0, 0.1) is 0 Å². The van der Waals surface area contributed by atoms with E-state index in [0.29, 0.717) is 15.8 Å². The Bertz CT molecular complexity index is 395. The van der Waals surface area contributed by atoms with Crippen molar-refractivity contribution in [3.05, 3.63) is 34.5 Å². The molecule has 1 heterocycles. The second kappa shape index (κ2) is 6.00. The van der Waals surface area contributed by atoms with Gasteiger partial charge in [-0.05, 0) is 12.1 Å². The standard InChI is InChI=1S/C9H7Cl2NO2S/c10-4-6(11)5-15-8-7(9(13)14)2-1-3-12-8/h1-4H,5H2,(H,13,14). The molecule has 0 unspecified atom stereocenters. The maximum absolute atomic E-state index is 10.8. The highest BCUT2D eigenvalue weighted by Crippen LogP contribution is 2.23. The third kappa shape index (κ3) is 3.74. The minimum Gasteiger partial charge on any atom is -0.478 e. The first kappa shape index (κ1) is 12.4. The third-order valence-corrected chi connectivity index (χ3v) is 3.30. The van der Waals surface area contributed by atoms with Gasteiger partial charge >= 0.3 is 5.97 Å². The number of halogens is 2. The lowest BCUT2D eigenvalue weighted by molar-refractivity contribution is 0.0692. The van der Waals surface area contributed by atoms with Gasteiger partial charge in [0, 0.05) is 22.5 Å². The maximum Gasteiger partial charge on any atom is 0.338 e. The normalized spacial score (nSPS) is 11.5. The Morgan fingerprint density at radius 3 is 3.00 bits per heavy atom. The Labute approximate surface area is 101 Å². The Balaban J connectivity index is 2.80. The number of carboxylic acid groups (broad SMARTS) is 1. The van der Waals surface area contributed by atoms with Gasteiger partial charge in [0.25, 0.3) is 0 Å². The zero-order valence-electron chi connectivity index (χ0n) is 7.48. The lowest BCUT2D eigenvalue weighted by Crippen LogP contribution is -2.00. The number of thioether (sulfide) groups is 1. The number of hydrogen-bond acceptors (Lipinski definition) is 3. The Hall–Kier alpha value is -0.710. The van der Waals surface area contributed by atoms with E-state index in [1.54, 1.807) is 6.07 Å². The first-order valence-electron chi connectivity index (χ1n) is 3.91. The zero-order valence-corrected chi connectivity index (χ0v) is 9.81. The summed E-state index contributed by atoms with van der Waals surface area (Å²) in [5.41, 5.74) is 1.42. The molecule has 0 spiro atoms. The molecule has 0 atom stereocenters. The first-order chi connectivity index (χ1) is 7.15. The summed E-state index contributed by atoms with van der Waals surface area (Å²) in [4.78, 5) is 14.8. The zero-order chi connectivity index (χ0) is 11.3. The molecule has 0 saturated carbocycles. The molecule has 0 radical (unpaired) electrons. The van der Waals surface area contributed by atoms with E-state index >= 15 is 0 Å². The van der Waals surface area contributed by atoms with Gasteiger partial charge in [-0.15, -0.1) is 0 Å². The fraction of sp³-hybridized carbons (Fsp3) is 0.111. The average Bonchev–Trinajstić information content (AvgIpc) is 2.26. The van der Waals surface area contributed by atoms with Crippen LogP contribution in [-0.2, 0) is 0 Å². The van der Waals surface area contributed by atoms with Crippen LogP contribution in [0.25, 0.3) is 0 Å². The number of aromatic carboxylic acids is 1. The quantitative estimate of drug-likeness (QED) is 0.848. The van der Waals surface area contributed by atoms with Gasteiger partial charge in [0.05, 0.1) is 5.56 Å². The second-order valence-electron chi connectivity index (χ2n) is 2.51. The molecule has 80 valence electrons. The summed E-state index contributed by atoms with van der Waals surface area (Å²) in [5, 5.41) is 9.74. The largest absolute Gasteiger partial charge is 0.478 e. The van der Waals surface area contributed by atoms with Crippen LogP contribution in [0.3, 0.4) is 0 Å². The van der Waals surface area contributed by atoms with Crippen molar-refractivity contribution in [3.8, 4) is 0 Å². The minimum absolute atomic E-state index is 0.168. The first-order valence-corrected chi connectivity index (χ1v) is 5.71. The number of nitrogens with zero attached hydrogens (tertiary/aromatic N) is 1. The highest BCUT2D eigenvalue weighted by molar-refractivity contribution is 7.99. The second-order valence-corrected chi connectivity index (χ2v) is 4.17. The summed E-state index contributed by atoms with van der Waals surface area (Å²) < 4.78 is 0. The summed E-state index contributed by atoms with van der Waals surface area (Å²) in [7, 11) is 0. The van der Waals surface area contributed by atoms with E-state index in [-0.39, 0.29) is 5.56 Å². The SMILES string of the molecule is O=C(O)c1cccnc1SCC(Cl)=CCl. The van der Waals surface area contributed by atoms with Crippen LogP contribution in [0.4, 0.5) is 0 Å². The topological polar surface area (TPSA) is 50.2 Å². The molecule has 0 aliphatic rings. The fourth-order valence-corrected chi connectivity index (χ4v) is 1.97. The predicted molar refractivity (Wildman–Crippen MR) is 61.7 cm³/mol. The highest BCUT2D eigenvalue weighted by Gasteiger charge is 2.10. The molecule has 1 N–H and O–H groups in total. The van der Waals surface area contributed by atoms with Crippen molar-refractivity contribution in [2.75, 3.05) is 5.75 Å². The van der Waals surface area contributed by atoms with Gasteiger partial charge in [-0.3, -0.25) is 0 Å². The number of hydrogen-bond donors (Lipinski definition) is 1. The molecule has 1 rings (SSSR count). The van der Waals surface area contributed by atoms with E-state index < -0.39 is 5.97 Å². The van der Waals surface area contributed by atoms with Gasteiger partial charge < -0.3 is 5.11 Å². The predicted octanol–water partition coefficient (Wildman–Crippen LogP) is 3.19. The van der Waals surface area contributed by atoms with E-state index in [4.69, 9.17) is 28.3 Å². The average molecular weight is 264 g/mol. The van der Waals surface area contributed by atoms with Crippen LogP contribution in [0.1, 0.15) is 10.4 Å². The highest BCUT2D eigenvalue weighted by atomic mass is 35.5. The van der Waals surface area contributed by atoms with Crippen LogP contribution in [0.15, 0.2) is 33.9 Å². The number of rotatable bonds is 4. The minimum atomic E-state index is -1.00. The Morgan fingerprint density at radius 2 is 2.40 bits per heavy atom. The van der Waals surface area contributed by atoms with E-state index in [1.165, 1.54) is 29.6 Å². The summed E-state index contributed by atoms with van der Waals surface area (Å²) in [5.74, 6) is -0.598. The number of carbonyl (C=O) groups is 1. The summed E-state index contributed by atoms with van der Waals surface area (Å²) in [6.45, 7) is 0. The molecule has 15 heavy (non-hydrogen) atoms. The number of pyridine rings is 1. The number of carboxylic acids is 1. The monoisotopic (exact) mass is 263 g/mol. The Morgan fingerprint density at radius 1 is 1.67 bits per heavy atom. The van der Waals surface area contributed by atoms with Gasteiger partial charge in [0.15, 0.2) is 0 Å². The molecule has 0 saturated heterocycles. The van der Waals surface area contributed by atoms with Crippen LogP contribution < -0.4 is 0 Å². The van der Waals surface area contributed by atoms with E-state index in [1.807, 2.05) is 0 Å². The van der Waals surface area contributed by atoms with Crippen molar-refractivity contribution >= 4 is 40.9 Å². The third-order valence-electron chi connectivity index (χ3n) is 1.47. The lowest BCUT2D eigenvalue weighted by Gasteiger charge is -2.02. The van der Waals surface area contributed by atoms with Gasteiger partial charge in [-0.2, -0.15) is 0 Å². The molecular formula is C9H7Cl2NO2S. The van der Waals surface area contributed by atoms with Crippen LogP contribution >= 0.6 is 35.0 Å². The van der Waals surface area contributed by atoms with E-state index in [2.05, 4.69) is 4.98 Å². The molecule has 6 heteroatoms. The molecule has 3 nitrogen and oxygen atoms in total. The molecular weight excluding hydrogens is 257 g/mol. The van der Waals surface area contributed by atoms with Gasteiger partial charge in [-0.25, -0.2) is 9.78 Å². The van der Waals surface area contributed by atoms with Crippen LogP contribution in [-0.4, -0.2) is 21.8 Å². The smallest absolute Gasteiger partial charge is 0.338 e. The van der Waals surface area contributed by atoms with E-state index in [0.717, 1.165) is 0 Å². The van der Waals surface area contributed by atoms with Crippen molar-refractivity contribution < 1.29 is 9.90 Å². The van der Waals surface area contributed by atoms with Crippen LogP contribution in [0.5, 0.6) is 0 Å². The maximum atomic E-state index is 10.8. The van der Waals surface area contributed by atoms with Gasteiger partial charge in [-0.1, -0.05) is 35.0 Å². The van der Waals surface area contributed by atoms with Gasteiger partial charge in [0.1, 0.15) is 5.03 Å². The van der Waals surface area contributed by atoms with Crippen molar-refractivity contribution in [3.63, 3.8) is 0 Å². The molecule has 0 aliphatic heterocycles. The summed E-state index contributed by atoms with van der Waals surface area (Å²) in [6, 6.07) is 3.07. The molecule has 0 fully saturated rings. The molecule has 0 amide bonds. The number of aromatic nitrogens is 1. The molecule has 1 aromatic rings. The molecule has 0 bridgehead atoms. The van der Waals surface area contributed by atoms with E-state index in [9.17, 15) is 4.79 Å². The van der Waals surface area contributed by atoms with Crippen LogP contribution in [0.2, 0.25) is 0 Å². The Kier molecular flexibility index (Phi) is 4.94. The van der Waals surface area contributed by atoms with Gasteiger partial charge in [0.2, 0.25) is 0 Å². The summed E-state index contributed by atoms with van der Waals surface area (Å²) in [6.07, 6.45) is 1.53. The van der Waals surface area contributed by atoms with Crippen molar-refractivity contribution in [1.29, 1.82) is 0 Å².